The van der Waals surface area contributed by atoms with Crippen LogP contribution in [0.1, 0.15) is 29.5 Å². The molecule has 1 heterocycles. The highest BCUT2D eigenvalue weighted by Gasteiger charge is 2.14. The van der Waals surface area contributed by atoms with Crippen molar-refractivity contribution >= 4 is 16.8 Å². The lowest BCUT2D eigenvalue weighted by Gasteiger charge is -2.17. The van der Waals surface area contributed by atoms with Crippen LogP contribution in [0.15, 0.2) is 53.3 Å². The highest BCUT2D eigenvalue weighted by Crippen LogP contribution is 2.16. The maximum atomic E-state index is 12.7. The highest BCUT2D eigenvalue weighted by molar-refractivity contribution is 5.94. The molecule has 0 unspecified atom stereocenters. The molecule has 0 saturated carbocycles. The Morgan fingerprint density at radius 3 is 2.81 bits per heavy atom. The third-order valence-corrected chi connectivity index (χ3v) is 3.95. The second-order valence-corrected chi connectivity index (χ2v) is 6.07. The number of carbonyl (C=O) groups excluding carboxylic acids is 1. The van der Waals surface area contributed by atoms with E-state index in [9.17, 15) is 9.59 Å². The molecule has 0 aliphatic carbocycles. The minimum atomic E-state index is -0.207. The van der Waals surface area contributed by atoms with Gasteiger partial charge in [-0.2, -0.15) is 0 Å². The number of ether oxygens (including phenoxy) is 1. The number of nitrogens with one attached hydrogen (secondary N) is 1. The molecule has 0 spiro atoms. The maximum absolute atomic E-state index is 12.7. The molecular weight excluding hydrogens is 330 g/mol. The van der Waals surface area contributed by atoms with Gasteiger partial charge in [0.25, 0.3) is 11.5 Å². The van der Waals surface area contributed by atoms with Gasteiger partial charge in [-0.25, -0.2) is 4.98 Å². The van der Waals surface area contributed by atoms with Crippen LogP contribution >= 0.6 is 0 Å². The Kier molecular flexibility index (Phi) is 5.31. The summed E-state index contributed by atoms with van der Waals surface area (Å²) < 4.78 is 5.58. The first-order chi connectivity index (χ1) is 12.6. The summed E-state index contributed by atoms with van der Waals surface area (Å²) in [4.78, 5) is 33.5. The number of carbonyl (C=O) groups is 1. The minimum Gasteiger partial charge on any atom is -0.494 e. The second kappa shape index (κ2) is 7.82. The van der Waals surface area contributed by atoms with E-state index in [-0.39, 0.29) is 18.0 Å². The summed E-state index contributed by atoms with van der Waals surface area (Å²) in [5.74, 6) is 0.953. The lowest BCUT2D eigenvalue weighted by molar-refractivity contribution is 0.0781. The molecule has 6 nitrogen and oxygen atoms in total. The number of H-pyrrole nitrogens is 1. The average molecular weight is 351 g/mol. The zero-order chi connectivity index (χ0) is 18.5. The summed E-state index contributed by atoms with van der Waals surface area (Å²) in [6.45, 7) is 2.84. The number of amides is 1. The predicted molar refractivity (Wildman–Crippen MR) is 100 cm³/mol. The first kappa shape index (κ1) is 17.7. The third-order valence-electron chi connectivity index (χ3n) is 3.95. The maximum Gasteiger partial charge on any atom is 0.258 e. The van der Waals surface area contributed by atoms with Crippen molar-refractivity contribution in [2.24, 2.45) is 0 Å². The molecule has 0 aliphatic rings. The summed E-state index contributed by atoms with van der Waals surface area (Å²) in [6.07, 6.45) is 0.902. The molecule has 0 radical (unpaired) electrons. The number of hydrogen-bond donors (Lipinski definition) is 1. The summed E-state index contributed by atoms with van der Waals surface area (Å²) in [5.41, 5.74) is 0.938. The Labute approximate surface area is 151 Å². The Hall–Kier alpha value is -3.15. The summed E-state index contributed by atoms with van der Waals surface area (Å²) in [5, 5.41) is 0.533. The van der Waals surface area contributed by atoms with Gasteiger partial charge in [0.05, 0.1) is 24.1 Å². The standard InChI is InChI=1S/C20H21N3O3/c1-3-11-26-15-8-6-7-14(12-15)20(25)23(2)13-18-21-17-10-5-4-9-16(17)19(24)22-18/h4-10,12H,3,11,13H2,1-2H3,(H,21,22,24). The molecule has 0 aliphatic heterocycles. The van der Waals surface area contributed by atoms with Gasteiger partial charge in [0, 0.05) is 12.6 Å². The smallest absolute Gasteiger partial charge is 0.258 e. The van der Waals surface area contributed by atoms with Crippen molar-refractivity contribution < 1.29 is 9.53 Å². The number of benzene rings is 2. The van der Waals surface area contributed by atoms with Crippen LogP contribution in [0.25, 0.3) is 10.9 Å². The number of hydrogen-bond acceptors (Lipinski definition) is 4. The van der Waals surface area contributed by atoms with Gasteiger partial charge >= 0.3 is 0 Å². The minimum absolute atomic E-state index is 0.164. The Morgan fingerprint density at radius 1 is 1.19 bits per heavy atom. The zero-order valence-corrected chi connectivity index (χ0v) is 14.9. The predicted octanol–water partition coefficient (Wildman–Crippen LogP) is 2.98. The molecule has 0 atom stereocenters. The van der Waals surface area contributed by atoms with Crippen molar-refractivity contribution in [1.82, 2.24) is 14.9 Å². The van der Waals surface area contributed by atoms with Gasteiger partial charge in [-0.05, 0) is 36.8 Å². The van der Waals surface area contributed by atoms with Crippen molar-refractivity contribution in [2.75, 3.05) is 13.7 Å². The fraction of sp³-hybridized carbons (Fsp3) is 0.250. The van der Waals surface area contributed by atoms with E-state index < -0.39 is 0 Å². The van der Waals surface area contributed by atoms with Gasteiger partial charge in [0.1, 0.15) is 11.6 Å². The fourth-order valence-corrected chi connectivity index (χ4v) is 2.67. The summed E-state index contributed by atoms with van der Waals surface area (Å²) in [6, 6.07) is 14.2. The molecule has 26 heavy (non-hydrogen) atoms. The second-order valence-electron chi connectivity index (χ2n) is 6.07. The third kappa shape index (κ3) is 3.91. The molecule has 1 N–H and O–H groups in total. The van der Waals surface area contributed by atoms with Crippen LogP contribution in [0, 0.1) is 0 Å². The number of rotatable bonds is 6. The quantitative estimate of drug-likeness (QED) is 0.741. The average Bonchev–Trinajstić information content (AvgIpc) is 2.66. The lowest BCUT2D eigenvalue weighted by Crippen LogP contribution is -2.28. The van der Waals surface area contributed by atoms with Crippen LogP contribution in [-0.2, 0) is 6.54 Å². The van der Waals surface area contributed by atoms with E-state index in [0.29, 0.717) is 34.6 Å². The Bertz CT molecular complexity index is 981. The molecule has 3 rings (SSSR count). The zero-order valence-electron chi connectivity index (χ0n) is 14.9. The van der Waals surface area contributed by atoms with Crippen LogP contribution < -0.4 is 10.3 Å². The van der Waals surface area contributed by atoms with E-state index in [1.807, 2.05) is 19.1 Å². The number of nitrogens with zero attached hydrogens (tertiary/aromatic N) is 2. The molecule has 1 aromatic heterocycles. The Balaban J connectivity index is 1.78. The van der Waals surface area contributed by atoms with Crippen molar-refractivity contribution in [3.63, 3.8) is 0 Å². The molecule has 2 aromatic carbocycles. The molecule has 1 amide bonds. The normalized spacial score (nSPS) is 10.7. The van der Waals surface area contributed by atoms with E-state index in [4.69, 9.17) is 4.74 Å². The van der Waals surface area contributed by atoms with Crippen molar-refractivity contribution in [2.45, 2.75) is 19.9 Å². The van der Waals surface area contributed by atoms with Crippen molar-refractivity contribution in [1.29, 1.82) is 0 Å². The van der Waals surface area contributed by atoms with Gasteiger partial charge in [0.2, 0.25) is 0 Å². The summed E-state index contributed by atoms with van der Waals surface area (Å²) >= 11 is 0. The van der Waals surface area contributed by atoms with E-state index in [1.165, 1.54) is 4.90 Å². The van der Waals surface area contributed by atoms with E-state index in [0.717, 1.165) is 6.42 Å². The molecular formula is C20H21N3O3. The fourth-order valence-electron chi connectivity index (χ4n) is 2.67. The number of aromatic nitrogens is 2. The van der Waals surface area contributed by atoms with Crippen molar-refractivity contribution in [3.8, 4) is 5.75 Å². The van der Waals surface area contributed by atoms with Crippen LogP contribution in [0.3, 0.4) is 0 Å². The topological polar surface area (TPSA) is 75.3 Å². The highest BCUT2D eigenvalue weighted by atomic mass is 16.5. The molecule has 6 heteroatoms. The molecule has 0 saturated heterocycles. The van der Waals surface area contributed by atoms with Gasteiger partial charge in [-0.3, -0.25) is 9.59 Å². The first-order valence-electron chi connectivity index (χ1n) is 8.54. The molecule has 0 fully saturated rings. The van der Waals surface area contributed by atoms with Gasteiger partial charge in [-0.1, -0.05) is 25.1 Å². The van der Waals surface area contributed by atoms with Crippen LogP contribution in [0.4, 0.5) is 0 Å². The van der Waals surface area contributed by atoms with E-state index in [1.54, 1.807) is 43.4 Å². The Morgan fingerprint density at radius 2 is 2.00 bits per heavy atom. The van der Waals surface area contributed by atoms with Gasteiger partial charge < -0.3 is 14.6 Å². The van der Waals surface area contributed by atoms with Crippen molar-refractivity contribution in [3.05, 3.63) is 70.3 Å². The summed E-state index contributed by atoms with van der Waals surface area (Å²) in [7, 11) is 1.68. The molecule has 0 bridgehead atoms. The molecule has 3 aromatic rings. The van der Waals surface area contributed by atoms with Crippen LogP contribution in [0.2, 0.25) is 0 Å². The lowest BCUT2D eigenvalue weighted by atomic mass is 10.2. The monoisotopic (exact) mass is 351 g/mol. The number of para-hydroxylation sites is 1. The SMILES string of the molecule is CCCOc1cccc(C(=O)N(C)Cc2nc3ccccc3c(=O)[nH]2)c1. The van der Waals surface area contributed by atoms with Gasteiger partial charge in [0.15, 0.2) is 0 Å². The van der Waals surface area contributed by atoms with E-state index >= 15 is 0 Å². The van der Waals surface area contributed by atoms with Crippen LogP contribution in [-0.4, -0.2) is 34.4 Å². The van der Waals surface area contributed by atoms with E-state index in [2.05, 4.69) is 9.97 Å². The first-order valence-corrected chi connectivity index (χ1v) is 8.54. The van der Waals surface area contributed by atoms with Gasteiger partial charge in [-0.15, -0.1) is 0 Å². The number of fused-ring (bicyclic) bond motifs is 1. The largest absolute Gasteiger partial charge is 0.494 e. The molecule has 134 valence electrons. The van der Waals surface area contributed by atoms with Crippen LogP contribution in [0.5, 0.6) is 5.75 Å². The number of aromatic amines is 1.